The quantitative estimate of drug-likeness (QED) is 0.191. The molecule has 6 atom stereocenters. The van der Waals surface area contributed by atoms with Gasteiger partial charge in [-0.1, -0.05) is 17.7 Å². The average molecular weight is 501 g/mol. The van der Waals surface area contributed by atoms with Gasteiger partial charge in [-0.25, -0.2) is 4.79 Å². The van der Waals surface area contributed by atoms with E-state index in [2.05, 4.69) is 26.8 Å². The van der Waals surface area contributed by atoms with Gasteiger partial charge in [0.25, 0.3) is 0 Å². The molecular formula is C29H40O7. The summed E-state index contributed by atoms with van der Waals surface area (Å²) in [7, 11) is 3.28. The summed E-state index contributed by atoms with van der Waals surface area (Å²) in [6.45, 7) is 10.9. The van der Waals surface area contributed by atoms with Crippen molar-refractivity contribution in [1.82, 2.24) is 0 Å². The fourth-order valence-corrected chi connectivity index (χ4v) is 5.56. The molecule has 7 nitrogen and oxygen atoms in total. The van der Waals surface area contributed by atoms with E-state index in [4.69, 9.17) is 28.4 Å². The molecule has 0 aromatic heterocycles. The maximum absolute atomic E-state index is 12.8. The van der Waals surface area contributed by atoms with Crippen molar-refractivity contribution < 1.29 is 33.2 Å². The SMILES string of the molecule is COc1cc(/C=C/C(=O)O[C@@H]2CC[C@]3(CO3)[C@@H](C3(C)OC3CC=C(C)C)[C@@H]2OC)ccc1OC(C)C. The summed E-state index contributed by atoms with van der Waals surface area (Å²) >= 11 is 0. The van der Waals surface area contributed by atoms with Crippen LogP contribution < -0.4 is 9.47 Å². The van der Waals surface area contributed by atoms with E-state index < -0.39 is 5.97 Å². The molecule has 2 unspecified atom stereocenters. The van der Waals surface area contributed by atoms with Gasteiger partial charge in [0, 0.05) is 13.2 Å². The van der Waals surface area contributed by atoms with Crippen LogP contribution in [0, 0.1) is 5.92 Å². The number of esters is 1. The zero-order valence-corrected chi connectivity index (χ0v) is 22.5. The van der Waals surface area contributed by atoms with Crippen LogP contribution >= 0.6 is 0 Å². The Hall–Kier alpha value is -2.35. The minimum atomic E-state index is -0.405. The Morgan fingerprint density at radius 1 is 1.22 bits per heavy atom. The first-order valence-corrected chi connectivity index (χ1v) is 12.8. The maximum atomic E-state index is 12.8. The van der Waals surface area contributed by atoms with Crippen LogP contribution in [0.25, 0.3) is 6.08 Å². The van der Waals surface area contributed by atoms with Crippen molar-refractivity contribution in [2.24, 2.45) is 5.92 Å². The molecule has 2 heterocycles. The van der Waals surface area contributed by atoms with E-state index in [1.165, 1.54) is 11.6 Å². The number of carbonyl (C=O) groups is 1. The molecule has 1 aromatic carbocycles. The van der Waals surface area contributed by atoms with Crippen molar-refractivity contribution in [2.75, 3.05) is 20.8 Å². The number of hydrogen-bond acceptors (Lipinski definition) is 7. The molecule has 1 spiro atoms. The fourth-order valence-electron chi connectivity index (χ4n) is 5.56. The third-order valence-corrected chi connectivity index (χ3v) is 7.47. The normalized spacial score (nSPS) is 33.0. The van der Waals surface area contributed by atoms with Crippen molar-refractivity contribution in [1.29, 1.82) is 0 Å². The van der Waals surface area contributed by atoms with Crippen LogP contribution in [0.4, 0.5) is 0 Å². The minimum Gasteiger partial charge on any atom is -0.493 e. The lowest BCUT2D eigenvalue weighted by Crippen LogP contribution is -2.55. The van der Waals surface area contributed by atoms with Crippen molar-refractivity contribution in [3.63, 3.8) is 0 Å². The van der Waals surface area contributed by atoms with Gasteiger partial charge < -0.3 is 28.4 Å². The number of allylic oxidation sites excluding steroid dienone is 1. The lowest BCUT2D eigenvalue weighted by atomic mass is 9.68. The number of methoxy groups -OCH3 is 2. The first kappa shape index (κ1) is 26.7. The second-order valence-corrected chi connectivity index (χ2v) is 10.8. The van der Waals surface area contributed by atoms with Crippen LogP contribution in [-0.2, 0) is 23.7 Å². The molecule has 2 aliphatic heterocycles. The zero-order valence-electron chi connectivity index (χ0n) is 22.5. The third-order valence-electron chi connectivity index (χ3n) is 7.47. The minimum absolute atomic E-state index is 0.00106. The molecule has 1 saturated carbocycles. The van der Waals surface area contributed by atoms with Gasteiger partial charge in [0.1, 0.15) is 23.4 Å². The first-order chi connectivity index (χ1) is 17.1. The Labute approximate surface area is 214 Å². The Morgan fingerprint density at radius 3 is 2.58 bits per heavy atom. The van der Waals surface area contributed by atoms with Crippen LogP contribution in [0.15, 0.2) is 35.9 Å². The van der Waals surface area contributed by atoms with Gasteiger partial charge >= 0.3 is 5.97 Å². The van der Waals surface area contributed by atoms with Gasteiger partial charge in [-0.2, -0.15) is 0 Å². The number of carbonyl (C=O) groups excluding carboxylic acids is 1. The standard InChI is InChI=1S/C29H40O7/c1-18(2)8-12-24-28(5,36-24)27-26(32-7)22(14-15-29(27)17-33-29)35-25(30)13-10-20-9-11-21(34-19(3)4)23(16-20)31-6/h8-11,13,16,19,22,24,26-27H,12,14-15,17H2,1-7H3/b13-10+/t22-,24?,26-,27-,28?,29+/m1/s1. The monoisotopic (exact) mass is 500 g/mol. The maximum Gasteiger partial charge on any atom is 0.331 e. The largest absolute Gasteiger partial charge is 0.493 e. The van der Waals surface area contributed by atoms with Crippen LogP contribution in [0.5, 0.6) is 11.5 Å². The van der Waals surface area contributed by atoms with Gasteiger partial charge in [-0.3, -0.25) is 0 Å². The summed E-state index contributed by atoms with van der Waals surface area (Å²) in [6, 6.07) is 5.56. The van der Waals surface area contributed by atoms with E-state index in [1.807, 2.05) is 32.0 Å². The number of benzene rings is 1. The molecule has 3 fully saturated rings. The highest BCUT2D eigenvalue weighted by atomic mass is 16.6. The van der Waals surface area contributed by atoms with Crippen LogP contribution in [0.1, 0.15) is 59.4 Å². The Bertz CT molecular complexity index is 1000. The number of epoxide rings is 2. The molecule has 0 amide bonds. The predicted octanol–water partition coefficient (Wildman–Crippen LogP) is 5.12. The molecule has 2 saturated heterocycles. The number of hydrogen-bond donors (Lipinski definition) is 0. The molecule has 36 heavy (non-hydrogen) atoms. The number of ether oxygens (including phenoxy) is 6. The van der Waals surface area contributed by atoms with Crippen molar-refractivity contribution in [3.05, 3.63) is 41.5 Å². The van der Waals surface area contributed by atoms with Crippen LogP contribution in [-0.4, -0.2) is 62.4 Å². The molecule has 3 aliphatic rings. The summed E-state index contributed by atoms with van der Waals surface area (Å²) < 4.78 is 35.3. The van der Waals surface area contributed by atoms with Crippen molar-refractivity contribution in [2.45, 2.75) is 89.5 Å². The zero-order chi connectivity index (χ0) is 26.1. The summed E-state index contributed by atoms with van der Waals surface area (Å²) in [5.41, 5.74) is 1.48. The van der Waals surface area contributed by atoms with E-state index >= 15 is 0 Å². The molecule has 198 valence electrons. The van der Waals surface area contributed by atoms with E-state index in [0.29, 0.717) is 24.5 Å². The summed E-state index contributed by atoms with van der Waals surface area (Å²) in [5, 5.41) is 0. The molecule has 4 rings (SSSR count). The van der Waals surface area contributed by atoms with E-state index in [-0.39, 0.29) is 41.5 Å². The van der Waals surface area contributed by atoms with Crippen molar-refractivity contribution >= 4 is 12.0 Å². The third kappa shape index (κ3) is 5.63. The van der Waals surface area contributed by atoms with Gasteiger partial charge in [-0.15, -0.1) is 0 Å². The van der Waals surface area contributed by atoms with Crippen LogP contribution in [0.2, 0.25) is 0 Å². The van der Waals surface area contributed by atoms with Crippen molar-refractivity contribution in [3.8, 4) is 11.5 Å². The molecule has 0 bridgehead atoms. The number of rotatable bonds is 10. The van der Waals surface area contributed by atoms with E-state index in [9.17, 15) is 4.79 Å². The molecule has 1 aromatic rings. The second-order valence-electron chi connectivity index (χ2n) is 10.8. The van der Waals surface area contributed by atoms with Gasteiger partial charge in [0.15, 0.2) is 11.5 Å². The van der Waals surface area contributed by atoms with Gasteiger partial charge in [0.05, 0.1) is 31.8 Å². The highest BCUT2D eigenvalue weighted by molar-refractivity contribution is 5.87. The molecule has 7 heteroatoms. The lowest BCUT2D eigenvalue weighted by molar-refractivity contribution is -0.166. The molecule has 1 aliphatic carbocycles. The average Bonchev–Trinajstić information content (AvgIpc) is 3.74. The smallest absolute Gasteiger partial charge is 0.331 e. The summed E-state index contributed by atoms with van der Waals surface area (Å²) in [4.78, 5) is 12.8. The van der Waals surface area contributed by atoms with Gasteiger partial charge in [-0.05, 0) is 77.7 Å². The van der Waals surface area contributed by atoms with E-state index in [0.717, 1.165) is 18.4 Å². The predicted molar refractivity (Wildman–Crippen MR) is 137 cm³/mol. The second kappa shape index (κ2) is 10.6. The Morgan fingerprint density at radius 2 is 1.97 bits per heavy atom. The first-order valence-electron chi connectivity index (χ1n) is 12.8. The lowest BCUT2D eigenvalue weighted by Gasteiger charge is -2.42. The van der Waals surface area contributed by atoms with E-state index in [1.54, 1.807) is 20.3 Å². The van der Waals surface area contributed by atoms with Gasteiger partial charge in [0.2, 0.25) is 0 Å². The van der Waals surface area contributed by atoms with Crippen LogP contribution in [0.3, 0.4) is 0 Å². The topological polar surface area (TPSA) is 79.1 Å². The Kier molecular flexibility index (Phi) is 7.83. The summed E-state index contributed by atoms with van der Waals surface area (Å²) in [6.07, 6.45) is 7.24. The highest BCUT2D eigenvalue weighted by Gasteiger charge is 2.72. The molecule has 0 radical (unpaired) electrons. The Balaban J connectivity index is 1.43. The summed E-state index contributed by atoms with van der Waals surface area (Å²) in [5.74, 6) is 0.874. The highest BCUT2D eigenvalue weighted by Crippen LogP contribution is 2.59. The molecular weight excluding hydrogens is 460 g/mol. The molecule has 0 N–H and O–H groups in total. The fraction of sp³-hybridized carbons (Fsp3) is 0.621.